The summed E-state index contributed by atoms with van der Waals surface area (Å²) in [4.78, 5) is 14.4. The minimum Gasteiger partial charge on any atom is -0.434 e. The lowest BCUT2D eigenvalue weighted by Crippen LogP contribution is -1.78. The van der Waals surface area contributed by atoms with E-state index >= 15 is 0 Å². The third-order valence-corrected chi connectivity index (χ3v) is 1.94. The van der Waals surface area contributed by atoms with Gasteiger partial charge in [-0.2, -0.15) is 0 Å². The molecule has 0 aliphatic carbocycles. The maximum absolute atomic E-state index is 10.4. The van der Waals surface area contributed by atoms with Crippen LogP contribution in [-0.2, 0) is 0 Å². The van der Waals surface area contributed by atoms with E-state index in [1.54, 1.807) is 0 Å². The molecule has 1 heterocycles. The smallest absolute Gasteiger partial charge is 0.260 e. The van der Waals surface area contributed by atoms with Gasteiger partial charge in [0, 0.05) is 0 Å². The van der Waals surface area contributed by atoms with Gasteiger partial charge in [0.25, 0.3) is 5.89 Å². The van der Waals surface area contributed by atoms with Crippen molar-refractivity contribution in [3.05, 3.63) is 29.2 Å². The molecule has 0 saturated heterocycles. The van der Waals surface area contributed by atoms with Gasteiger partial charge < -0.3 is 4.42 Å². The lowest BCUT2D eigenvalue weighted by molar-refractivity contribution is 0.109. The van der Waals surface area contributed by atoms with Crippen molar-refractivity contribution >= 4 is 17.4 Å². The van der Waals surface area contributed by atoms with Gasteiger partial charge in [-0.3, -0.25) is 4.79 Å². The van der Waals surface area contributed by atoms with Crippen molar-refractivity contribution in [1.82, 2.24) is 4.98 Å². The SMILES string of the molecule is Cc1cc(C)c2oc(C=O)nc2c1. The molecule has 13 heavy (non-hydrogen) atoms. The first-order chi connectivity index (χ1) is 6.20. The van der Waals surface area contributed by atoms with Crippen molar-refractivity contribution in [3.63, 3.8) is 0 Å². The molecule has 0 atom stereocenters. The number of fused-ring (bicyclic) bond motifs is 1. The first kappa shape index (κ1) is 7.98. The number of aryl methyl sites for hydroxylation is 2. The van der Waals surface area contributed by atoms with Gasteiger partial charge in [0.1, 0.15) is 5.52 Å². The Labute approximate surface area is 75.4 Å². The fourth-order valence-electron chi connectivity index (χ4n) is 1.44. The van der Waals surface area contributed by atoms with E-state index in [1.807, 2.05) is 26.0 Å². The second kappa shape index (κ2) is 2.69. The molecule has 0 aliphatic rings. The number of hydrogen-bond donors (Lipinski definition) is 0. The van der Waals surface area contributed by atoms with Crippen LogP contribution in [0.5, 0.6) is 0 Å². The molecule has 1 aromatic carbocycles. The fourth-order valence-corrected chi connectivity index (χ4v) is 1.44. The second-order valence-electron chi connectivity index (χ2n) is 3.10. The van der Waals surface area contributed by atoms with Crippen molar-refractivity contribution in [3.8, 4) is 0 Å². The summed E-state index contributed by atoms with van der Waals surface area (Å²) in [5.74, 6) is 0.142. The standard InChI is InChI=1S/C10H9NO2/c1-6-3-7(2)10-8(4-6)11-9(5-12)13-10/h3-5H,1-2H3. The summed E-state index contributed by atoms with van der Waals surface area (Å²) in [5.41, 5.74) is 3.58. The highest BCUT2D eigenvalue weighted by molar-refractivity contribution is 5.81. The lowest BCUT2D eigenvalue weighted by Gasteiger charge is -1.94. The van der Waals surface area contributed by atoms with E-state index < -0.39 is 0 Å². The number of aldehydes is 1. The third kappa shape index (κ3) is 1.22. The Morgan fingerprint density at radius 1 is 1.38 bits per heavy atom. The Bertz CT molecular complexity index is 471. The molecule has 0 unspecified atom stereocenters. The van der Waals surface area contributed by atoms with Crippen LogP contribution in [0.15, 0.2) is 16.5 Å². The van der Waals surface area contributed by atoms with Gasteiger partial charge in [-0.25, -0.2) is 4.98 Å². The molecule has 0 bridgehead atoms. The van der Waals surface area contributed by atoms with Crippen LogP contribution < -0.4 is 0 Å². The highest BCUT2D eigenvalue weighted by Crippen LogP contribution is 2.20. The van der Waals surface area contributed by atoms with Crippen molar-refractivity contribution in [1.29, 1.82) is 0 Å². The van der Waals surface area contributed by atoms with Crippen LogP contribution in [0.25, 0.3) is 11.1 Å². The fraction of sp³-hybridized carbons (Fsp3) is 0.200. The molecule has 0 fully saturated rings. The quantitative estimate of drug-likeness (QED) is 0.624. The van der Waals surface area contributed by atoms with Gasteiger partial charge in [-0.1, -0.05) is 6.07 Å². The largest absolute Gasteiger partial charge is 0.434 e. The zero-order chi connectivity index (χ0) is 9.42. The van der Waals surface area contributed by atoms with Gasteiger partial charge in [-0.05, 0) is 31.0 Å². The Kier molecular flexibility index (Phi) is 1.65. The first-order valence-corrected chi connectivity index (χ1v) is 4.03. The Hall–Kier alpha value is -1.64. The van der Waals surface area contributed by atoms with Crippen molar-refractivity contribution in [2.75, 3.05) is 0 Å². The van der Waals surface area contributed by atoms with E-state index in [4.69, 9.17) is 4.42 Å². The van der Waals surface area contributed by atoms with E-state index in [0.29, 0.717) is 11.9 Å². The number of rotatable bonds is 1. The summed E-state index contributed by atoms with van der Waals surface area (Å²) < 4.78 is 5.22. The van der Waals surface area contributed by atoms with Crippen LogP contribution >= 0.6 is 0 Å². The van der Waals surface area contributed by atoms with Crippen molar-refractivity contribution < 1.29 is 9.21 Å². The molecule has 0 N–H and O–H groups in total. The average molecular weight is 175 g/mol. The van der Waals surface area contributed by atoms with E-state index in [-0.39, 0.29) is 5.89 Å². The number of benzene rings is 1. The minimum absolute atomic E-state index is 0.142. The van der Waals surface area contributed by atoms with E-state index in [0.717, 1.165) is 16.6 Å². The molecular formula is C10H9NO2. The number of aromatic nitrogens is 1. The third-order valence-electron chi connectivity index (χ3n) is 1.94. The maximum Gasteiger partial charge on any atom is 0.260 e. The predicted octanol–water partition coefficient (Wildman–Crippen LogP) is 2.26. The van der Waals surface area contributed by atoms with Crippen LogP contribution in [0, 0.1) is 13.8 Å². The molecular weight excluding hydrogens is 166 g/mol. The molecule has 0 spiro atoms. The molecule has 2 aromatic rings. The lowest BCUT2D eigenvalue weighted by atomic mass is 10.1. The monoisotopic (exact) mass is 175 g/mol. The summed E-state index contributed by atoms with van der Waals surface area (Å²) in [7, 11) is 0. The molecule has 1 aromatic heterocycles. The average Bonchev–Trinajstić information content (AvgIpc) is 2.47. The van der Waals surface area contributed by atoms with Crippen LogP contribution in [0.4, 0.5) is 0 Å². The topological polar surface area (TPSA) is 43.1 Å². The van der Waals surface area contributed by atoms with Crippen molar-refractivity contribution in [2.45, 2.75) is 13.8 Å². The zero-order valence-corrected chi connectivity index (χ0v) is 7.50. The van der Waals surface area contributed by atoms with E-state index in [1.165, 1.54) is 0 Å². The van der Waals surface area contributed by atoms with Crippen LogP contribution in [0.1, 0.15) is 21.8 Å². The molecule has 0 amide bonds. The van der Waals surface area contributed by atoms with Crippen LogP contribution in [0.2, 0.25) is 0 Å². The van der Waals surface area contributed by atoms with Gasteiger partial charge in [-0.15, -0.1) is 0 Å². The number of oxazole rings is 1. The summed E-state index contributed by atoms with van der Waals surface area (Å²) in [6.45, 7) is 3.93. The van der Waals surface area contributed by atoms with Crippen molar-refractivity contribution in [2.24, 2.45) is 0 Å². The number of carbonyl (C=O) groups is 1. The summed E-state index contributed by atoms with van der Waals surface area (Å²) in [5, 5.41) is 0. The van der Waals surface area contributed by atoms with Crippen LogP contribution in [-0.4, -0.2) is 11.3 Å². The molecule has 0 saturated carbocycles. The van der Waals surface area contributed by atoms with Gasteiger partial charge in [0.2, 0.25) is 6.29 Å². The predicted molar refractivity (Wildman–Crippen MR) is 48.9 cm³/mol. The summed E-state index contributed by atoms with van der Waals surface area (Å²) in [6.07, 6.45) is 0.620. The number of hydrogen-bond acceptors (Lipinski definition) is 3. The maximum atomic E-state index is 10.4. The van der Waals surface area contributed by atoms with Gasteiger partial charge in [0.15, 0.2) is 5.58 Å². The van der Waals surface area contributed by atoms with E-state index in [9.17, 15) is 4.79 Å². The van der Waals surface area contributed by atoms with Crippen LogP contribution in [0.3, 0.4) is 0 Å². The molecule has 3 nitrogen and oxygen atoms in total. The second-order valence-corrected chi connectivity index (χ2v) is 3.10. The van der Waals surface area contributed by atoms with E-state index in [2.05, 4.69) is 4.98 Å². The minimum atomic E-state index is 0.142. The summed E-state index contributed by atoms with van der Waals surface area (Å²) >= 11 is 0. The summed E-state index contributed by atoms with van der Waals surface area (Å²) in [6, 6.07) is 3.90. The van der Waals surface area contributed by atoms with Gasteiger partial charge >= 0.3 is 0 Å². The Morgan fingerprint density at radius 2 is 2.15 bits per heavy atom. The zero-order valence-electron chi connectivity index (χ0n) is 7.50. The normalized spacial score (nSPS) is 10.6. The van der Waals surface area contributed by atoms with Gasteiger partial charge in [0.05, 0.1) is 0 Å². The number of nitrogens with zero attached hydrogens (tertiary/aromatic N) is 1. The highest BCUT2D eigenvalue weighted by atomic mass is 16.4. The Morgan fingerprint density at radius 3 is 2.85 bits per heavy atom. The number of carbonyl (C=O) groups excluding carboxylic acids is 1. The molecule has 66 valence electrons. The molecule has 0 aliphatic heterocycles. The highest BCUT2D eigenvalue weighted by Gasteiger charge is 2.07. The Balaban J connectivity index is 2.82. The molecule has 3 heteroatoms. The first-order valence-electron chi connectivity index (χ1n) is 4.03. The molecule has 2 rings (SSSR count). The molecule has 0 radical (unpaired) electrons.